The van der Waals surface area contributed by atoms with Crippen molar-refractivity contribution >= 4 is 39.1 Å². The first kappa shape index (κ1) is 40.1. The third-order valence-electron chi connectivity index (χ3n) is 7.01. The molecule has 19 heteroatoms. The zero-order chi connectivity index (χ0) is 36.1. The smallest absolute Gasteiger partial charge is 0.430 e. The van der Waals surface area contributed by atoms with Crippen molar-refractivity contribution in [3.63, 3.8) is 0 Å². The molecule has 2 heterocycles. The first-order valence-corrected chi connectivity index (χ1v) is 16.4. The molecular weight excluding hydrogens is 676 g/mol. The van der Waals surface area contributed by atoms with Crippen LogP contribution in [0.3, 0.4) is 0 Å². The highest BCUT2D eigenvalue weighted by molar-refractivity contribution is 7.90. The number of carboxylic acid groups (broad SMARTS) is 2. The molecule has 0 aromatic heterocycles. The number of nitrogens with one attached hydrogen (secondary N) is 1. The average molecular weight is 714 g/mol. The van der Waals surface area contributed by atoms with Crippen LogP contribution in [0.2, 0.25) is 0 Å². The van der Waals surface area contributed by atoms with E-state index in [1.54, 1.807) is 6.07 Å². The third-order valence-corrected chi connectivity index (χ3v) is 8.73. The highest BCUT2D eigenvalue weighted by Crippen LogP contribution is 2.35. The minimum atomic E-state index is -5.19. The Morgan fingerprint density at radius 1 is 0.854 bits per heavy atom. The molecule has 0 aliphatic carbocycles. The number of halogens is 6. The molecule has 2 aromatic rings. The van der Waals surface area contributed by atoms with Crippen LogP contribution < -0.4 is 31.5 Å². The standard InChI is InChI=1S/C25H35N5O3S.2C2HF3O2/c26-9-10-28-22-18-23(29-13-5-2-6-14-29)21(25(31)30-15-11-27-12-16-30)17-24(22)34(32,33)19-20-7-3-1-4-8-20;2*3-2(4,5)1(6)7/h1,3-4,7-8,17-18,27-28H,2,5-6,9-16,19,26H2;2*(H,6,7). The highest BCUT2D eigenvalue weighted by Gasteiger charge is 2.31. The molecule has 48 heavy (non-hydrogen) atoms. The van der Waals surface area contributed by atoms with E-state index >= 15 is 0 Å². The molecule has 0 atom stereocenters. The van der Waals surface area contributed by atoms with Crippen molar-refractivity contribution in [2.24, 2.45) is 0 Å². The van der Waals surface area contributed by atoms with Crippen LogP contribution >= 0.6 is 0 Å². The van der Waals surface area contributed by atoms with Crippen LogP contribution in [0.5, 0.6) is 0 Å². The lowest BCUT2D eigenvalue weighted by atomic mass is 10.0. The lowest BCUT2D eigenvalue weighted by molar-refractivity contribution is -0.661. The number of carbonyl (C=O) groups excluding carboxylic acids is 3. The number of hydrogen-bond acceptors (Lipinski definition) is 9. The number of quaternary nitrogens is 2. The van der Waals surface area contributed by atoms with Crippen LogP contribution in [0.1, 0.15) is 35.2 Å². The summed E-state index contributed by atoms with van der Waals surface area (Å²) in [4.78, 5) is 35.6. The van der Waals surface area contributed by atoms with Crippen LogP contribution in [-0.4, -0.2) is 95.9 Å². The Bertz CT molecular complexity index is 1460. The van der Waals surface area contributed by atoms with Crippen LogP contribution in [0, 0.1) is 0 Å². The maximum absolute atomic E-state index is 13.7. The molecule has 268 valence electrons. The van der Waals surface area contributed by atoms with Gasteiger partial charge in [-0.25, -0.2) is 8.42 Å². The van der Waals surface area contributed by atoms with Gasteiger partial charge in [0, 0.05) is 13.1 Å². The Balaban J connectivity index is 0.000000479. The minimum absolute atomic E-state index is 0.0754. The fourth-order valence-corrected chi connectivity index (χ4v) is 6.30. The van der Waals surface area contributed by atoms with Crippen molar-refractivity contribution in [1.29, 1.82) is 0 Å². The largest absolute Gasteiger partial charge is 0.542 e. The van der Waals surface area contributed by atoms with Crippen LogP contribution in [-0.2, 0) is 25.2 Å². The number of piperazine rings is 1. The summed E-state index contributed by atoms with van der Waals surface area (Å²) in [6, 6.07) is 12.7. The number of benzene rings is 2. The summed E-state index contributed by atoms with van der Waals surface area (Å²) in [5, 5.41) is 23.1. The monoisotopic (exact) mass is 713 g/mol. The van der Waals surface area contributed by atoms with Crippen molar-refractivity contribution in [2.45, 2.75) is 42.3 Å². The van der Waals surface area contributed by atoms with Gasteiger partial charge in [-0.1, -0.05) is 30.3 Å². The van der Waals surface area contributed by atoms with E-state index in [4.69, 9.17) is 19.8 Å². The molecule has 0 saturated carbocycles. The van der Waals surface area contributed by atoms with E-state index in [-0.39, 0.29) is 16.6 Å². The first-order chi connectivity index (χ1) is 22.4. The van der Waals surface area contributed by atoms with Gasteiger partial charge in [-0.15, -0.1) is 0 Å². The van der Waals surface area contributed by atoms with Crippen molar-refractivity contribution < 1.29 is 70.4 Å². The van der Waals surface area contributed by atoms with Crippen molar-refractivity contribution in [3.8, 4) is 0 Å². The van der Waals surface area contributed by atoms with Gasteiger partial charge in [0.1, 0.15) is 11.9 Å². The average Bonchev–Trinajstić information content (AvgIpc) is 3.04. The Kier molecular flexibility index (Phi) is 14.9. The Morgan fingerprint density at radius 2 is 1.38 bits per heavy atom. The van der Waals surface area contributed by atoms with Crippen LogP contribution in [0.25, 0.3) is 0 Å². The zero-order valence-electron chi connectivity index (χ0n) is 25.7. The molecule has 12 nitrogen and oxygen atoms in total. The lowest BCUT2D eigenvalue weighted by Crippen LogP contribution is -2.89. The van der Waals surface area contributed by atoms with E-state index in [0.717, 1.165) is 50.3 Å². The maximum Gasteiger partial charge on any atom is 0.430 e. The molecule has 1 amide bonds. The highest BCUT2D eigenvalue weighted by atomic mass is 32.2. The summed E-state index contributed by atoms with van der Waals surface area (Å²) >= 11 is 0. The van der Waals surface area contributed by atoms with E-state index in [1.807, 2.05) is 41.3 Å². The second-order valence-electron chi connectivity index (χ2n) is 10.7. The van der Waals surface area contributed by atoms with Gasteiger partial charge < -0.3 is 46.0 Å². The fourth-order valence-electron chi connectivity index (χ4n) is 4.75. The fraction of sp³-hybridized carbons (Fsp3) is 0.483. The third kappa shape index (κ3) is 12.5. The second-order valence-corrected chi connectivity index (χ2v) is 12.6. The van der Waals surface area contributed by atoms with Crippen LogP contribution in [0.4, 0.5) is 37.7 Å². The number of sulfone groups is 1. The van der Waals surface area contributed by atoms with E-state index in [9.17, 15) is 39.6 Å². The molecule has 2 aliphatic rings. The Morgan fingerprint density at radius 3 is 1.85 bits per heavy atom. The van der Waals surface area contributed by atoms with Gasteiger partial charge in [-0.3, -0.25) is 4.79 Å². The minimum Gasteiger partial charge on any atom is -0.542 e. The van der Waals surface area contributed by atoms with Crippen molar-refractivity contribution in [2.75, 3.05) is 62.6 Å². The summed E-state index contributed by atoms with van der Waals surface area (Å²) < 4.78 is 90.3. The zero-order valence-corrected chi connectivity index (χ0v) is 26.6. The number of hydrogen-bond donors (Lipinski definition) is 3. The Labute approximate surface area is 272 Å². The molecule has 0 spiro atoms. The lowest BCUT2D eigenvalue weighted by Gasteiger charge is -2.33. The molecule has 2 fully saturated rings. The summed E-state index contributed by atoms with van der Waals surface area (Å²) in [6.45, 7) is 6.01. The number of nitrogens with zero attached hydrogens (tertiary/aromatic N) is 2. The number of anilines is 2. The van der Waals surface area contributed by atoms with Gasteiger partial charge in [-0.2, -0.15) is 26.3 Å². The summed E-state index contributed by atoms with van der Waals surface area (Å²) in [6.07, 6.45) is -7.07. The molecule has 0 radical (unpaired) electrons. The van der Waals surface area contributed by atoms with E-state index in [0.29, 0.717) is 37.4 Å². The number of rotatable bonds is 8. The number of amides is 1. The van der Waals surface area contributed by atoms with E-state index in [2.05, 4.69) is 21.3 Å². The molecule has 0 bridgehead atoms. The van der Waals surface area contributed by atoms with Gasteiger partial charge >= 0.3 is 12.4 Å². The van der Waals surface area contributed by atoms with Crippen molar-refractivity contribution in [3.05, 3.63) is 53.6 Å². The van der Waals surface area contributed by atoms with Gasteiger partial charge in [-0.05, 0) is 37.0 Å². The number of alkyl halides is 6. The molecule has 0 unspecified atom stereocenters. The number of piperidine rings is 1. The number of nitrogens with two attached hydrogens (primary N) is 1. The predicted octanol–water partition coefficient (Wildman–Crippen LogP) is -1.08. The molecule has 6 N–H and O–H groups in total. The first-order valence-electron chi connectivity index (χ1n) is 14.8. The van der Waals surface area contributed by atoms with Gasteiger partial charge in [0.05, 0.1) is 66.9 Å². The normalized spacial score (nSPS) is 15.3. The number of aliphatic carboxylic acids is 2. The van der Waals surface area contributed by atoms with Crippen molar-refractivity contribution in [1.82, 2.24) is 4.90 Å². The number of carbonyl (C=O) groups is 3. The summed E-state index contributed by atoms with van der Waals surface area (Å²) in [5.74, 6) is -6.20. The molecule has 4 rings (SSSR count). The molecule has 2 aromatic carbocycles. The van der Waals surface area contributed by atoms with Gasteiger partial charge in [0.25, 0.3) is 5.91 Å². The maximum atomic E-state index is 13.7. The van der Waals surface area contributed by atoms with E-state index in [1.165, 1.54) is 6.42 Å². The molecule has 2 saturated heterocycles. The molecule has 2 aliphatic heterocycles. The van der Waals surface area contributed by atoms with Gasteiger partial charge in [0.15, 0.2) is 9.84 Å². The number of carboxylic acids is 2. The summed E-state index contributed by atoms with van der Waals surface area (Å²) in [7, 11) is -3.69. The predicted molar refractivity (Wildman–Crippen MR) is 156 cm³/mol. The topological polar surface area (TPSA) is 194 Å². The van der Waals surface area contributed by atoms with Gasteiger partial charge in [0.2, 0.25) is 0 Å². The molecular formula is C29H37F6N5O7S. The SMILES string of the molecule is O=C([O-])C(F)(F)F.O=C([O-])C(F)(F)F.[NH3+]CCNc1cc(N2CCCCC2)c(C(=O)N2CC[NH2+]CC2)cc1S(=O)(=O)Cc1ccccc1. The van der Waals surface area contributed by atoms with E-state index < -0.39 is 34.1 Å². The second kappa shape index (κ2) is 17.9. The van der Waals surface area contributed by atoms with Crippen LogP contribution in [0.15, 0.2) is 47.4 Å². The Hall–Kier alpha value is -4.10. The summed E-state index contributed by atoms with van der Waals surface area (Å²) in [5.41, 5.74) is 6.51. The quantitative estimate of drug-likeness (QED) is 0.286.